The molecule has 1 saturated heterocycles. The van der Waals surface area contributed by atoms with Crippen LogP contribution in [0.1, 0.15) is 31.8 Å². The molecule has 0 aliphatic carbocycles. The Balaban J connectivity index is 1.25. The van der Waals surface area contributed by atoms with E-state index in [1.54, 1.807) is 31.4 Å². The lowest BCUT2D eigenvalue weighted by Crippen LogP contribution is -2.46. The molecule has 1 aliphatic rings. The lowest BCUT2D eigenvalue weighted by atomic mass is 10.1. The third-order valence-electron chi connectivity index (χ3n) is 6.13. The maximum atomic E-state index is 12.4. The van der Waals surface area contributed by atoms with Gasteiger partial charge in [0, 0.05) is 38.3 Å². The third kappa shape index (κ3) is 6.28. The van der Waals surface area contributed by atoms with Crippen LogP contribution in [0.5, 0.6) is 5.75 Å². The molecule has 8 nitrogen and oxygen atoms in total. The van der Waals surface area contributed by atoms with E-state index in [-0.39, 0.29) is 5.91 Å². The standard InChI is InChI=1S/C28H30N4O4/c1-35-26-6-4-3-5-25(26)32-17-15-31(16-18-32)20-22-9-11-23(12-10-22)27(33)30-29-19-21-7-13-24(14-8-21)28(34)36-2/h3-14,19H,15-18,20H2,1-2H3,(H,30,33). The molecule has 0 unspecified atom stereocenters. The number of para-hydroxylation sites is 2. The van der Waals surface area contributed by atoms with E-state index in [1.807, 2.05) is 42.5 Å². The molecule has 3 aromatic rings. The van der Waals surface area contributed by atoms with Crippen molar-refractivity contribution in [2.45, 2.75) is 6.54 Å². The number of benzene rings is 3. The van der Waals surface area contributed by atoms with Crippen LogP contribution in [0.3, 0.4) is 0 Å². The zero-order chi connectivity index (χ0) is 25.3. The number of methoxy groups -OCH3 is 2. The molecule has 0 saturated carbocycles. The summed E-state index contributed by atoms with van der Waals surface area (Å²) in [7, 11) is 3.04. The molecule has 1 aliphatic heterocycles. The van der Waals surface area contributed by atoms with Gasteiger partial charge in [-0.1, -0.05) is 36.4 Å². The average molecular weight is 487 g/mol. The second-order valence-corrected chi connectivity index (χ2v) is 8.44. The number of anilines is 1. The predicted octanol–water partition coefficient (Wildman–Crippen LogP) is 3.57. The highest BCUT2D eigenvalue weighted by Gasteiger charge is 2.19. The van der Waals surface area contributed by atoms with Crippen molar-refractivity contribution in [3.63, 3.8) is 0 Å². The molecule has 8 heteroatoms. The van der Waals surface area contributed by atoms with E-state index in [2.05, 4.69) is 31.1 Å². The van der Waals surface area contributed by atoms with Crippen LogP contribution in [-0.4, -0.2) is 63.4 Å². The van der Waals surface area contributed by atoms with Crippen LogP contribution < -0.4 is 15.1 Å². The first-order valence-electron chi connectivity index (χ1n) is 11.8. The van der Waals surface area contributed by atoms with Crippen LogP contribution in [0.4, 0.5) is 5.69 Å². The Kier molecular flexibility index (Phi) is 8.31. The van der Waals surface area contributed by atoms with Crippen LogP contribution in [-0.2, 0) is 11.3 Å². The number of esters is 1. The Hall–Kier alpha value is -4.17. The molecule has 0 spiro atoms. The summed E-state index contributed by atoms with van der Waals surface area (Å²) in [6.45, 7) is 4.61. The van der Waals surface area contributed by atoms with Gasteiger partial charge >= 0.3 is 5.97 Å². The molecule has 36 heavy (non-hydrogen) atoms. The van der Waals surface area contributed by atoms with Crippen molar-refractivity contribution in [1.82, 2.24) is 10.3 Å². The summed E-state index contributed by atoms with van der Waals surface area (Å²) in [6.07, 6.45) is 1.53. The number of amides is 1. The van der Waals surface area contributed by atoms with Crippen molar-refractivity contribution in [2.24, 2.45) is 5.10 Å². The molecule has 4 rings (SSSR count). The number of carbonyl (C=O) groups excluding carboxylic acids is 2. The molecule has 1 amide bonds. The van der Waals surface area contributed by atoms with Gasteiger partial charge in [0.05, 0.1) is 31.7 Å². The van der Waals surface area contributed by atoms with Crippen molar-refractivity contribution >= 4 is 23.8 Å². The van der Waals surface area contributed by atoms with Gasteiger partial charge < -0.3 is 14.4 Å². The first kappa shape index (κ1) is 24.9. The van der Waals surface area contributed by atoms with Crippen molar-refractivity contribution in [1.29, 1.82) is 0 Å². The molecule has 1 fully saturated rings. The van der Waals surface area contributed by atoms with Gasteiger partial charge in [0.25, 0.3) is 5.91 Å². The number of carbonyl (C=O) groups is 2. The van der Waals surface area contributed by atoms with E-state index >= 15 is 0 Å². The van der Waals surface area contributed by atoms with E-state index in [9.17, 15) is 9.59 Å². The molecule has 0 atom stereocenters. The number of ether oxygens (including phenoxy) is 2. The lowest BCUT2D eigenvalue weighted by molar-refractivity contribution is 0.0600. The molecule has 1 N–H and O–H groups in total. The molecule has 1 heterocycles. The predicted molar refractivity (Wildman–Crippen MR) is 140 cm³/mol. The molecule has 0 aromatic heterocycles. The first-order chi connectivity index (χ1) is 17.6. The highest BCUT2D eigenvalue weighted by atomic mass is 16.5. The number of hydrogen-bond donors (Lipinski definition) is 1. The number of hydrazone groups is 1. The summed E-state index contributed by atoms with van der Waals surface area (Å²) in [6, 6.07) is 22.5. The van der Waals surface area contributed by atoms with Gasteiger partial charge in [0.15, 0.2) is 0 Å². The fourth-order valence-electron chi connectivity index (χ4n) is 4.11. The zero-order valence-electron chi connectivity index (χ0n) is 20.5. The fraction of sp³-hybridized carbons (Fsp3) is 0.250. The largest absolute Gasteiger partial charge is 0.495 e. The van der Waals surface area contributed by atoms with Crippen molar-refractivity contribution in [3.05, 3.63) is 95.1 Å². The van der Waals surface area contributed by atoms with E-state index in [1.165, 1.54) is 13.3 Å². The summed E-state index contributed by atoms with van der Waals surface area (Å²) < 4.78 is 10.2. The number of rotatable bonds is 8. The summed E-state index contributed by atoms with van der Waals surface area (Å²) >= 11 is 0. The summed E-state index contributed by atoms with van der Waals surface area (Å²) in [5, 5.41) is 4.01. The molecular formula is C28H30N4O4. The van der Waals surface area contributed by atoms with E-state index < -0.39 is 5.97 Å². The maximum absolute atomic E-state index is 12.4. The second kappa shape index (κ2) is 12.0. The van der Waals surface area contributed by atoms with Crippen molar-refractivity contribution < 1.29 is 19.1 Å². The van der Waals surface area contributed by atoms with Gasteiger partial charge in [-0.25, -0.2) is 10.2 Å². The first-order valence-corrected chi connectivity index (χ1v) is 11.8. The number of nitrogens with one attached hydrogen (secondary N) is 1. The topological polar surface area (TPSA) is 83.5 Å². The number of piperazine rings is 1. The Labute approximate surface area is 211 Å². The minimum absolute atomic E-state index is 0.283. The average Bonchev–Trinajstić information content (AvgIpc) is 2.93. The Morgan fingerprint density at radius 3 is 2.22 bits per heavy atom. The highest BCUT2D eigenvalue weighted by molar-refractivity contribution is 5.95. The Morgan fingerprint density at radius 1 is 0.889 bits per heavy atom. The summed E-state index contributed by atoms with van der Waals surface area (Å²) in [4.78, 5) is 28.7. The molecule has 0 radical (unpaired) electrons. The van der Waals surface area contributed by atoms with Gasteiger partial charge in [-0.3, -0.25) is 9.69 Å². The van der Waals surface area contributed by atoms with Gasteiger partial charge in [-0.05, 0) is 47.5 Å². The zero-order valence-corrected chi connectivity index (χ0v) is 20.5. The van der Waals surface area contributed by atoms with Gasteiger partial charge in [-0.2, -0.15) is 5.10 Å². The Morgan fingerprint density at radius 2 is 1.56 bits per heavy atom. The van der Waals surface area contributed by atoms with Crippen LogP contribution in [0.15, 0.2) is 77.9 Å². The normalized spacial score (nSPS) is 14.0. The highest BCUT2D eigenvalue weighted by Crippen LogP contribution is 2.28. The van der Waals surface area contributed by atoms with Crippen LogP contribution in [0, 0.1) is 0 Å². The third-order valence-corrected chi connectivity index (χ3v) is 6.13. The van der Waals surface area contributed by atoms with Gasteiger partial charge in [-0.15, -0.1) is 0 Å². The van der Waals surface area contributed by atoms with E-state index in [4.69, 9.17) is 4.74 Å². The fourth-order valence-corrected chi connectivity index (χ4v) is 4.11. The number of hydrogen-bond acceptors (Lipinski definition) is 7. The van der Waals surface area contributed by atoms with Crippen LogP contribution >= 0.6 is 0 Å². The lowest BCUT2D eigenvalue weighted by Gasteiger charge is -2.36. The quantitative estimate of drug-likeness (QED) is 0.298. The summed E-state index contributed by atoms with van der Waals surface area (Å²) in [5.74, 6) is 0.223. The van der Waals surface area contributed by atoms with Gasteiger partial charge in [0.2, 0.25) is 0 Å². The molecule has 0 bridgehead atoms. The monoisotopic (exact) mass is 486 g/mol. The smallest absolute Gasteiger partial charge is 0.337 e. The van der Waals surface area contributed by atoms with Crippen molar-refractivity contribution in [2.75, 3.05) is 45.3 Å². The molecule has 3 aromatic carbocycles. The van der Waals surface area contributed by atoms with Crippen LogP contribution in [0.2, 0.25) is 0 Å². The van der Waals surface area contributed by atoms with Crippen molar-refractivity contribution in [3.8, 4) is 5.75 Å². The molecule has 186 valence electrons. The summed E-state index contributed by atoms with van der Waals surface area (Å²) in [5.41, 5.74) is 6.58. The van der Waals surface area contributed by atoms with E-state index in [0.717, 1.165) is 55.3 Å². The Bertz CT molecular complexity index is 1200. The molecular weight excluding hydrogens is 456 g/mol. The second-order valence-electron chi connectivity index (χ2n) is 8.44. The SMILES string of the molecule is COC(=O)c1ccc(C=NNC(=O)c2ccc(CN3CCN(c4ccccc4OC)CC3)cc2)cc1. The number of nitrogens with zero attached hydrogens (tertiary/aromatic N) is 3. The van der Waals surface area contributed by atoms with Crippen LogP contribution in [0.25, 0.3) is 0 Å². The minimum atomic E-state index is -0.398. The maximum Gasteiger partial charge on any atom is 0.337 e. The van der Waals surface area contributed by atoms with Gasteiger partial charge in [0.1, 0.15) is 5.75 Å². The van der Waals surface area contributed by atoms with E-state index in [0.29, 0.717) is 11.1 Å². The minimum Gasteiger partial charge on any atom is -0.495 e.